The Hall–Kier alpha value is -1.62. The van der Waals surface area contributed by atoms with E-state index in [0.29, 0.717) is 18.3 Å². The van der Waals surface area contributed by atoms with Crippen molar-refractivity contribution >= 4 is 23.4 Å². The molecule has 0 aliphatic carbocycles. The summed E-state index contributed by atoms with van der Waals surface area (Å²) in [5.74, 6) is 0. The monoisotopic (exact) mass is 252 g/mol. The molecule has 1 amide bonds. The number of benzene rings is 1. The van der Waals surface area contributed by atoms with E-state index in [1.165, 1.54) is 0 Å². The molecule has 17 heavy (non-hydrogen) atoms. The van der Waals surface area contributed by atoms with Gasteiger partial charge in [-0.15, -0.1) is 0 Å². The van der Waals surface area contributed by atoms with Crippen LogP contribution >= 0.6 is 12.2 Å². The maximum atomic E-state index is 11.2. The average molecular weight is 252 g/mol. The largest absolute Gasteiger partial charge is 0.450 e. The highest BCUT2D eigenvalue weighted by Crippen LogP contribution is 2.02. The van der Waals surface area contributed by atoms with Crippen molar-refractivity contribution in [3.8, 4) is 0 Å². The van der Waals surface area contributed by atoms with E-state index < -0.39 is 6.09 Å². The predicted octanol–water partition coefficient (Wildman–Crippen LogP) is 2.15. The number of hydrogen-bond acceptors (Lipinski definition) is 3. The Labute approximate surface area is 107 Å². The molecule has 0 aliphatic rings. The second kappa shape index (κ2) is 6.85. The average Bonchev–Trinajstić information content (AvgIpc) is 2.30. The number of carbonyl (C=O) groups excluding carboxylic acids is 1. The minimum atomic E-state index is -0.516. The van der Waals surface area contributed by atoms with E-state index in [1.54, 1.807) is 11.8 Å². The van der Waals surface area contributed by atoms with Crippen LogP contribution in [0.5, 0.6) is 0 Å². The molecule has 1 N–H and O–H groups in total. The van der Waals surface area contributed by atoms with Crippen LogP contribution in [0.1, 0.15) is 12.5 Å². The summed E-state index contributed by atoms with van der Waals surface area (Å²) >= 11 is 5.08. The lowest BCUT2D eigenvalue weighted by Gasteiger charge is -2.20. The zero-order valence-corrected chi connectivity index (χ0v) is 10.8. The van der Waals surface area contributed by atoms with Crippen LogP contribution in [0.15, 0.2) is 30.3 Å². The Morgan fingerprint density at radius 2 is 2.06 bits per heavy atom. The molecule has 0 saturated carbocycles. The van der Waals surface area contributed by atoms with Crippen molar-refractivity contribution in [3.63, 3.8) is 0 Å². The van der Waals surface area contributed by atoms with Crippen LogP contribution in [0.25, 0.3) is 0 Å². The van der Waals surface area contributed by atoms with Crippen LogP contribution in [-0.2, 0) is 11.3 Å². The van der Waals surface area contributed by atoms with Gasteiger partial charge in [-0.05, 0) is 24.7 Å². The second-order valence-corrected chi connectivity index (χ2v) is 3.88. The third kappa shape index (κ3) is 4.82. The fourth-order valence-corrected chi connectivity index (χ4v) is 1.43. The zero-order valence-electron chi connectivity index (χ0n) is 9.97. The molecule has 0 fully saturated rings. The van der Waals surface area contributed by atoms with E-state index in [9.17, 15) is 4.79 Å². The SMILES string of the molecule is CCOC(=O)NC(=S)N(C)Cc1ccccc1. The predicted molar refractivity (Wildman–Crippen MR) is 70.7 cm³/mol. The van der Waals surface area contributed by atoms with Gasteiger partial charge in [-0.25, -0.2) is 4.79 Å². The van der Waals surface area contributed by atoms with Gasteiger partial charge >= 0.3 is 6.09 Å². The van der Waals surface area contributed by atoms with Crippen LogP contribution in [0, 0.1) is 0 Å². The van der Waals surface area contributed by atoms with Crippen molar-refractivity contribution < 1.29 is 9.53 Å². The molecule has 1 rings (SSSR count). The number of alkyl carbamates (subject to hydrolysis) is 1. The van der Waals surface area contributed by atoms with Gasteiger partial charge in [0, 0.05) is 13.6 Å². The summed E-state index contributed by atoms with van der Waals surface area (Å²) in [6.07, 6.45) is -0.516. The number of amides is 1. The van der Waals surface area contributed by atoms with Gasteiger partial charge in [0.2, 0.25) is 0 Å². The van der Waals surface area contributed by atoms with Crippen LogP contribution in [0.4, 0.5) is 4.79 Å². The number of nitrogens with one attached hydrogen (secondary N) is 1. The third-order valence-electron chi connectivity index (χ3n) is 2.09. The number of rotatable bonds is 3. The molecule has 5 heteroatoms. The van der Waals surface area contributed by atoms with Gasteiger partial charge < -0.3 is 9.64 Å². The topological polar surface area (TPSA) is 41.6 Å². The second-order valence-electron chi connectivity index (χ2n) is 3.49. The molecular weight excluding hydrogens is 236 g/mol. The molecule has 0 bridgehead atoms. The van der Waals surface area contributed by atoms with Crippen LogP contribution in [0.3, 0.4) is 0 Å². The summed E-state index contributed by atoms with van der Waals surface area (Å²) in [7, 11) is 1.82. The van der Waals surface area contributed by atoms with Crippen LogP contribution in [-0.4, -0.2) is 29.8 Å². The maximum Gasteiger partial charge on any atom is 0.413 e. The zero-order chi connectivity index (χ0) is 12.7. The smallest absolute Gasteiger partial charge is 0.413 e. The lowest BCUT2D eigenvalue weighted by atomic mass is 10.2. The number of nitrogens with zero attached hydrogens (tertiary/aromatic N) is 1. The number of thiocarbonyl (C=S) groups is 1. The van der Waals surface area contributed by atoms with Crippen LogP contribution in [0.2, 0.25) is 0 Å². The lowest BCUT2D eigenvalue weighted by Crippen LogP contribution is -2.40. The molecule has 0 unspecified atom stereocenters. The molecule has 1 aromatic carbocycles. The lowest BCUT2D eigenvalue weighted by molar-refractivity contribution is 0.157. The van der Waals surface area contributed by atoms with Crippen molar-refractivity contribution in [3.05, 3.63) is 35.9 Å². The first-order valence-electron chi connectivity index (χ1n) is 5.36. The van der Waals surface area contributed by atoms with Crippen molar-refractivity contribution in [1.82, 2.24) is 10.2 Å². The first-order valence-corrected chi connectivity index (χ1v) is 5.77. The molecule has 1 aromatic rings. The fraction of sp³-hybridized carbons (Fsp3) is 0.333. The Balaban J connectivity index is 2.45. The summed E-state index contributed by atoms with van der Waals surface area (Å²) < 4.78 is 4.75. The molecule has 0 aliphatic heterocycles. The number of ether oxygens (including phenoxy) is 1. The van der Waals surface area contributed by atoms with E-state index in [1.807, 2.05) is 37.4 Å². The molecule has 4 nitrogen and oxygen atoms in total. The van der Waals surface area contributed by atoms with Crippen molar-refractivity contribution in [1.29, 1.82) is 0 Å². The van der Waals surface area contributed by atoms with Gasteiger partial charge in [-0.2, -0.15) is 0 Å². The summed E-state index contributed by atoms with van der Waals surface area (Å²) in [5, 5.41) is 2.85. The van der Waals surface area contributed by atoms with Gasteiger partial charge in [-0.3, -0.25) is 5.32 Å². The summed E-state index contributed by atoms with van der Waals surface area (Å²) in [6.45, 7) is 2.72. The normalized spacial score (nSPS) is 9.53. The Bertz CT molecular complexity index is 381. The number of hydrogen-bond donors (Lipinski definition) is 1. The van der Waals surface area contributed by atoms with E-state index in [2.05, 4.69) is 5.32 Å². The minimum absolute atomic E-state index is 0.330. The maximum absolute atomic E-state index is 11.2. The molecule has 0 radical (unpaired) electrons. The van der Waals surface area contributed by atoms with E-state index in [-0.39, 0.29) is 0 Å². The summed E-state index contributed by atoms with van der Waals surface area (Å²) in [5.41, 5.74) is 1.13. The van der Waals surface area contributed by atoms with Crippen molar-refractivity contribution in [2.24, 2.45) is 0 Å². The third-order valence-corrected chi connectivity index (χ3v) is 2.51. The van der Waals surface area contributed by atoms with Crippen molar-refractivity contribution in [2.75, 3.05) is 13.7 Å². The fourth-order valence-electron chi connectivity index (χ4n) is 1.28. The van der Waals surface area contributed by atoms with Gasteiger partial charge in [-0.1, -0.05) is 30.3 Å². The Kier molecular flexibility index (Phi) is 5.42. The standard InChI is InChI=1S/C12H16N2O2S/c1-3-16-12(15)13-11(17)14(2)9-10-7-5-4-6-8-10/h4-8H,3,9H2,1-2H3,(H,13,15,17). The molecular formula is C12H16N2O2S. The van der Waals surface area contributed by atoms with Gasteiger partial charge in [0.15, 0.2) is 5.11 Å². The molecule has 0 saturated heterocycles. The highest BCUT2D eigenvalue weighted by molar-refractivity contribution is 7.80. The van der Waals surface area contributed by atoms with Gasteiger partial charge in [0.1, 0.15) is 0 Å². The molecule has 0 heterocycles. The summed E-state index contributed by atoms with van der Waals surface area (Å²) in [6, 6.07) is 9.89. The Morgan fingerprint density at radius 3 is 2.65 bits per heavy atom. The first kappa shape index (κ1) is 13.4. The van der Waals surface area contributed by atoms with Crippen molar-refractivity contribution in [2.45, 2.75) is 13.5 Å². The van der Waals surface area contributed by atoms with E-state index in [4.69, 9.17) is 17.0 Å². The molecule has 0 spiro atoms. The summed E-state index contributed by atoms with van der Waals surface area (Å²) in [4.78, 5) is 12.9. The highest BCUT2D eigenvalue weighted by atomic mass is 32.1. The molecule has 92 valence electrons. The molecule has 0 atom stereocenters. The molecule has 0 aromatic heterocycles. The Morgan fingerprint density at radius 1 is 1.41 bits per heavy atom. The first-order chi connectivity index (χ1) is 8.13. The van der Waals surface area contributed by atoms with E-state index in [0.717, 1.165) is 5.56 Å². The quantitative estimate of drug-likeness (QED) is 0.837. The highest BCUT2D eigenvalue weighted by Gasteiger charge is 2.09. The number of carbonyl (C=O) groups is 1. The van der Waals surface area contributed by atoms with Gasteiger partial charge in [0.05, 0.1) is 6.61 Å². The minimum Gasteiger partial charge on any atom is -0.450 e. The van der Waals surface area contributed by atoms with E-state index >= 15 is 0 Å². The van der Waals surface area contributed by atoms with Crippen LogP contribution < -0.4 is 5.32 Å². The van der Waals surface area contributed by atoms with Gasteiger partial charge in [0.25, 0.3) is 0 Å².